The Morgan fingerprint density at radius 2 is 1.94 bits per heavy atom. The molecule has 100 valence electrons. The minimum Gasteiger partial charge on any atom is -0.357 e. The Balaban J connectivity index is 2.09. The van der Waals surface area contributed by atoms with Crippen molar-refractivity contribution < 1.29 is 0 Å². The molecule has 1 N–H and O–H groups in total. The van der Waals surface area contributed by atoms with E-state index in [0.29, 0.717) is 12.0 Å². The molecule has 0 aromatic carbocycles. The van der Waals surface area contributed by atoms with Crippen molar-refractivity contribution in [3.05, 3.63) is 10.7 Å². The van der Waals surface area contributed by atoms with E-state index in [4.69, 9.17) is 0 Å². The Morgan fingerprint density at radius 3 is 2.50 bits per heavy atom. The van der Waals surface area contributed by atoms with Gasteiger partial charge in [0.1, 0.15) is 5.82 Å². The Labute approximate surface area is 117 Å². The molecule has 0 unspecified atom stereocenters. The molecule has 1 aromatic heterocycles. The van der Waals surface area contributed by atoms with Gasteiger partial charge in [0.25, 0.3) is 0 Å². The molecule has 6 heteroatoms. The van der Waals surface area contributed by atoms with E-state index in [2.05, 4.69) is 54.9 Å². The number of rotatable bonds is 3. The molecule has 0 atom stereocenters. The highest BCUT2D eigenvalue weighted by Crippen LogP contribution is 2.25. The molecule has 0 radical (unpaired) electrons. The first-order chi connectivity index (χ1) is 8.61. The minimum absolute atomic E-state index is 0.619. The fourth-order valence-corrected chi connectivity index (χ4v) is 2.59. The lowest BCUT2D eigenvalue weighted by Crippen LogP contribution is -2.49. The second-order valence-electron chi connectivity index (χ2n) is 4.73. The van der Waals surface area contributed by atoms with Gasteiger partial charge in [0, 0.05) is 45.5 Å². The molecular formula is C12H20BrN5. The second-order valence-corrected chi connectivity index (χ2v) is 5.59. The predicted molar refractivity (Wildman–Crippen MR) is 78.2 cm³/mol. The van der Waals surface area contributed by atoms with Crippen molar-refractivity contribution in [2.24, 2.45) is 0 Å². The third-order valence-electron chi connectivity index (χ3n) is 3.29. The first-order valence-corrected chi connectivity index (χ1v) is 7.10. The maximum Gasteiger partial charge on any atom is 0.224 e. The lowest BCUT2D eigenvalue weighted by Gasteiger charge is -2.37. The summed E-state index contributed by atoms with van der Waals surface area (Å²) in [4.78, 5) is 13.5. The first kappa shape index (κ1) is 13.5. The van der Waals surface area contributed by atoms with Crippen LogP contribution in [-0.4, -0.2) is 54.1 Å². The lowest BCUT2D eigenvalue weighted by atomic mass is 10.2. The zero-order chi connectivity index (χ0) is 13.1. The van der Waals surface area contributed by atoms with E-state index in [1.54, 1.807) is 0 Å². The van der Waals surface area contributed by atoms with Crippen LogP contribution >= 0.6 is 15.9 Å². The molecule has 1 aliphatic heterocycles. The summed E-state index contributed by atoms with van der Waals surface area (Å²) in [6.45, 7) is 8.69. The van der Waals surface area contributed by atoms with Gasteiger partial charge in [-0.15, -0.1) is 0 Å². The number of hydrogen-bond acceptors (Lipinski definition) is 5. The van der Waals surface area contributed by atoms with Gasteiger partial charge >= 0.3 is 0 Å². The highest BCUT2D eigenvalue weighted by molar-refractivity contribution is 9.10. The van der Waals surface area contributed by atoms with E-state index in [1.807, 2.05) is 13.2 Å². The maximum absolute atomic E-state index is 4.52. The summed E-state index contributed by atoms with van der Waals surface area (Å²) < 4.78 is 0.958. The predicted octanol–water partition coefficient (Wildman–Crippen LogP) is 1.81. The SMILES string of the molecule is CNc1ncc(Br)c(N2CCN(C(C)C)CC2)n1. The van der Waals surface area contributed by atoms with Crippen LogP contribution in [0.4, 0.5) is 11.8 Å². The molecule has 1 aromatic rings. The summed E-state index contributed by atoms with van der Waals surface area (Å²) in [6.07, 6.45) is 1.81. The monoisotopic (exact) mass is 313 g/mol. The molecular weight excluding hydrogens is 294 g/mol. The van der Waals surface area contributed by atoms with E-state index >= 15 is 0 Å². The van der Waals surface area contributed by atoms with Crippen molar-refractivity contribution in [2.45, 2.75) is 19.9 Å². The molecule has 0 spiro atoms. The number of piperazine rings is 1. The highest BCUT2D eigenvalue weighted by atomic mass is 79.9. The van der Waals surface area contributed by atoms with Crippen LogP contribution in [-0.2, 0) is 0 Å². The van der Waals surface area contributed by atoms with E-state index in [9.17, 15) is 0 Å². The largest absolute Gasteiger partial charge is 0.357 e. The Morgan fingerprint density at radius 1 is 1.28 bits per heavy atom. The fourth-order valence-electron chi connectivity index (χ4n) is 2.15. The summed E-state index contributed by atoms with van der Waals surface area (Å²) in [7, 11) is 1.84. The molecule has 0 saturated carbocycles. The Hall–Kier alpha value is -0.880. The van der Waals surface area contributed by atoms with Gasteiger partial charge in [-0.05, 0) is 29.8 Å². The Kier molecular flexibility index (Phi) is 4.40. The van der Waals surface area contributed by atoms with Crippen LogP contribution in [0.3, 0.4) is 0 Å². The van der Waals surface area contributed by atoms with Crippen molar-refractivity contribution >= 4 is 27.7 Å². The Bertz CT molecular complexity index is 401. The van der Waals surface area contributed by atoms with Gasteiger partial charge in [-0.1, -0.05) is 0 Å². The molecule has 0 aliphatic carbocycles. The average Bonchev–Trinajstić information content (AvgIpc) is 2.39. The topological polar surface area (TPSA) is 44.3 Å². The van der Waals surface area contributed by atoms with Gasteiger partial charge in [0.2, 0.25) is 5.95 Å². The quantitative estimate of drug-likeness (QED) is 0.922. The third-order valence-corrected chi connectivity index (χ3v) is 3.85. The summed E-state index contributed by atoms with van der Waals surface area (Å²) >= 11 is 3.53. The summed E-state index contributed by atoms with van der Waals surface area (Å²) in [5.74, 6) is 1.65. The zero-order valence-electron chi connectivity index (χ0n) is 11.1. The van der Waals surface area contributed by atoms with Crippen molar-refractivity contribution in [3.63, 3.8) is 0 Å². The fraction of sp³-hybridized carbons (Fsp3) is 0.667. The van der Waals surface area contributed by atoms with Crippen molar-refractivity contribution in [1.29, 1.82) is 0 Å². The van der Waals surface area contributed by atoms with Crippen LogP contribution in [0.2, 0.25) is 0 Å². The van der Waals surface area contributed by atoms with E-state index < -0.39 is 0 Å². The van der Waals surface area contributed by atoms with Crippen LogP contribution in [0.25, 0.3) is 0 Å². The number of anilines is 2. The molecule has 18 heavy (non-hydrogen) atoms. The summed E-state index contributed by atoms with van der Waals surface area (Å²) in [6, 6.07) is 0.619. The average molecular weight is 314 g/mol. The van der Waals surface area contributed by atoms with Gasteiger partial charge in [0.15, 0.2) is 0 Å². The minimum atomic E-state index is 0.619. The van der Waals surface area contributed by atoms with Gasteiger partial charge in [0.05, 0.1) is 4.47 Å². The van der Waals surface area contributed by atoms with E-state index in [-0.39, 0.29) is 0 Å². The van der Waals surface area contributed by atoms with Crippen LogP contribution < -0.4 is 10.2 Å². The van der Waals surface area contributed by atoms with Gasteiger partial charge < -0.3 is 10.2 Å². The second kappa shape index (κ2) is 5.84. The van der Waals surface area contributed by atoms with Crippen LogP contribution in [0.5, 0.6) is 0 Å². The van der Waals surface area contributed by atoms with Crippen LogP contribution in [0, 0.1) is 0 Å². The number of hydrogen-bond donors (Lipinski definition) is 1. The highest BCUT2D eigenvalue weighted by Gasteiger charge is 2.21. The number of nitrogens with zero attached hydrogens (tertiary/aromatic N) is 4. The molecule has 1 aliphatic rings. The molecule has 0 bridgehead atoms. The van der Waals surface area contributed by atoms with E-state index in [0.717, 1.165) is 36.5 Å². The number of aromatic nitrogens is 2. The molecule has 0 amide bonds. The number of nitrogens with one attached hydrogen (secondary N) is 1. The third kappa shape index (κ3) is 2.92. The summed E-state index contributed by atoms with van der Waals surface area (Å²) in [5, 5.41) is 2.98. The van der Waals surface area contributed by atoms with Gasteiger partial charge in [-0.2, -0.15) is 4.98 Å². The first-order valence-electron chi connectivity index (χ1n) is 6.31. The molecule has 2 rings (SSSR count). The standard InChI is InChI=1S/C12H20BrN5/c1-9(2)17-4-6-18(7-5-17)11-10(13)8-15-12(14-3)16-11/h8-9H,4-7H2,1-3H3,(H,14,15,16). The number of halogens is 1. The van der Waals surface area contributed by atoms with E-state index in [1.165, 1.54) is 0 Å². The maximum atomic E-state index is 4.52. The van der Waals surface area contributed by atoms with Crippen molar-refractivity contribution in [2.75, 3.05) is 43.4 Å². The molecule has 2 heterocycles. The van der Waals surface area contributed by atoms with Crippen molar-refractivity contribution in [1.82, 2.24) is 14.9 Å². The normalized spacial score (nSPS) is 17.3. The lowest BCUT2D eigenvalue weighted by molar-refractivity contribution is 0.209. The zero-order valence-corrected chi connectivity index (χ0v) is 12.7. The van der Waals surface area contributed by atoms with Gasteiger partial charge in [-0.25, -0.2) is 4.98 Å². The van der Waals surface area contributed by atoms with Gasteiger partial charge in [-0.3, -0.25) is 4.90 Å². The summed E-state index contributed by atoms with van der Waals surface area (Å²) in [5.41, 5.74) is 0. The molecule has 1 fully saturated rings. The van der Waals surface area contributed by atoms with Crippen LogP contribution in [0.1, 0.15) is 13.8 Å². The van der Waals surface area contributed by atoms with Crippen molar-refractivity contribution in [3.8, 4) is 0 Å². The van der Waals surface area contributed by atoms with Crippen LogP contribution in [0.15, 0.2) is 10.7 Å². The smallest absolute Gasteiger partial charge is 0.224 e. The molecule has 1 saturated heterocycles. The molecule has 5 nitrogen and oxygen atoms in total.